The molecular formula is C19H19N3O3. The number of aromatic nitrogens is 1. The molecule has 128 valence electrons. The van der Waals surface area contributed by atoms with E-state index in [0.29, 0.717) is 30.5 Å². The highest BCUT2D eigenvalue weighted by Crippen LogP contribution is 2.19. The monoisotopic (exact) mass is 337 g/mol. The van der Waals surface area contributed by atoms with E-state index in [-0.39, 0.29) is 5.56 Å². The number of pyridine rings is 1. The largest absolute Gasteiger partial charge is 0.477 e. The number of fused-ring (bicyclic) bond motifs is 1. The zero-order valence-electron chi connectivity index (χ0n) is 13.6. The molecule has 0 unspecified atom stereocenters. The number of carboxylic acids is 1. The first-order valence-corrected chi connectivity index (χ1v) is 7.98. The van der Waals surface area contributed by atoms with E-state index in [4.69, 9.17) is 5.73 Å². The highest BCUT2D eigenvalue weighted by Gasteiger charge is 2.15. The van der Waals surface area contributed by atoms with E-state index >= 15 is 0 Å². The van der Waals surface area contributed by atoms with Crippen molar-refractivity contribution in [2.45, 2.75) is 6.54 Å². The second-order valence-corrected chi connectivity index (χ2v) is 5.74. The van der Waals surface area contributed by atoms with Crippen molar-refractivity contribution in [3.8, 4) is 0 Å². The van der Waals surface area contributed by atoms with Crippen LogP contribution >= 0.6 is 0 Å². The van der Waals surface area contributed by atoms with Crippen LogP contribution in [0.2, 0.25) is 0 Å². The third kappa shape index (κ3) is 3.54. The molecule has 0 saturated heterocycles. The van der Waals surface area contributed by atoms with E-state index < -0.39 is 11.4 Å². The second kappa shape index (κ2) is 7.19. The SMILES string of the molecule is NCCNc1ccc2c(=O)c(C(=O)O)cn(Cc3ccccc3)c2c1. The van der Waals surface area contributed by atoms with E-state index in [9.17, 15) is 14.7 Å². The number of hydrogen-bond acceptors (Lipinski definition) is 4. The van der Waals surface area contributed by atoms with Gasteiger partial charge < -0.3 is 20.7 Å². The summed E-state index contributed by atoms with van der Waals surface area (Å²) in [6.07, 6.45) is 1.41. The molecule has 6 nitrogen and oxygen atoms in total. The van der Waals surface area contributed by atoms with Gasteiger partial charge in [-0.15, -0.1) is 0 Å². The van der Waals surface area contributed by atoms with Crippen LogP contribution in [0.1, 0.15) is 15.9 Å². The van der Waals surface area contributed by atoms with E-state index in [1.807, 2.05) is 36.4 Å². The first-order chi connectivity index (χ1) is 12.1. The number of hydrogen-bond donors (Lipinski definition) is 3. The van der Waals surface area contributed by atoms with Crippen LogP contribution in [0, 0.1) is 0 Å². The summed E-state index contributed by atoms with van der Waals surface area (Å²) in [5.41, 5.74) is 7.34. The van der Waals surface area contributed by atoms with Crippen molar-refractivity contribution in [3.63, 3.8) is 0 Å². The maximum absolute atomic E-state index is 12.5. The van der Waals surface area contributed by atoms with Gasteiger partial charge in [0.2, 0.25) is 5.43 Å². The number of benzene rings is 2. The van der Waals surface area contributed by atoms with Crippen molar-refractivity contribution in [1.82, 2.24) is 4.57 Å². The normalized spacial score (nSPS) is 10.8. The molecule has 6 heteroatoms. The lowest BCUT2D eigenvalue weighted by Crippen LogP contribution is -2.19. The third-order valence-electron chi connectivity index (χ3n) is 3.98. The fourth-order valence-corrected chi connectivity index (χ4v) is 2.78. The Morgan fingerprint density at radius 1 is 1.16 bits per heavy atom. The third-order valence-corrected chi connectivity index (χ3v) is 3.98. The van der Waals surface area contributed by atoms with Crippen molar-refractivity contribution in [1.29, 1.82) is 0 Å². The zero-order valence-corrected chi connectivity index (χ0v) is 13.6. The van der Waals surface area contributed by atoms with Crippen molar-refractivity contribution in [3.05, 3.63) is 76.1 Å². The van der Waals surface area contributed by atoms with Crippen molar-refractivity contribution >= 4 is 22.6 Å². The second-order valence-electron chi connectivity index (χ2n) is 5.74. The van der Waals surface area contributed by atoms with Gasteiger partial charge in [0.1, 0.15) is 5.56 Å². The van der Waals surface area contributed by atoms with Crippen LogP contribution < -0.4 is 16.5 Å². The van der Waals surface area contributed by atoms with E-state index in [1.165, 1.54) is 6.20 Å². The topological polar surface area (TPSA) is 97.3 Å². The van der Waals surface area contributed by atoms with Crippen molar-refractivity contribution in [2.75, 3.05) is 18.4 Å². The van der Waals surface area contributed by atoms with Crippen LogP contribution in [0.25, 0.3) is 10.9 Å². The highest BCUT2D eigenvalue weighted by molar-refractivity contribution is 5.93. The molecule has 0 aliphatic heterocycles. The first-order valence-electron chi connectivity index (χ1n) is 7.98. The Bertz CT molecular complexity index is 965. The maximum Gasteiger partial charge on any atom is 0.341 e. The molecule has 0 saturated carbocycles. The summed E-state index contributed by atoms with van der Waals surface area (Å²) in [5, 5.41) is 12.9. The van der Waals surface area contributed by atoms with Gasteiger partial charge in [-0.25, -0.2) is 4.79 Å². The predicted octanol–water partition coefficient (Wildman–Crippen LogP) is 2.12. The summed E-state index contributed by atoms with van der Waals surface area (Å²) in [7, 11) is 0. The number of nitrogens with one attached hydrogen (secondary N) is 1. The molecule has 0 aliphatic carbocycles. The average Bonchev–Trinajstić information content (AvgIpc) is 2.62. The Morgan fingerprint density at radius 2 is 1.92 bits per heavy atom. The van der Waals surface area contributed by atoms with Crippen LogP contribution in [0.3, 0.4) is 0 Å². The lowest BCUT2D eigenvalue weighted by atomic mass is 10.1. The van der Waals surface area contributed by atoms with Crippen LogP contribution in [-0.4, -0.2) is 28.7 Å². The molecule has 0 atom stereocenters. The van der Waals surface area contributed by atoms with Gasteiger partial charge in [0.15, 0.2) is 0 Å². The minimum absolute atomic E-state index is 0.230. The molecule has 1 aromatic heterocycles. The molecule has 0 amide bonds. The molecule has 0 spiro atoms. The maximum atomic E-state index is 12.5. The van der Waals surface area contributed by atoms with Crippen LogP contribution in [0.4, 0.5) is 5.69 Å². The molecule has 2 aromatic carbocycles. The minimum Gasteiger partial charge on any atom is -0.477 e. The van der Waals surface area contributed by atoms with Crippen LogP contribution in [0.5, 0.6) is 0 Å². The van der Waals surface area contributed by atoms with Gasteiger partial charge in [0, 0.05) is 36.9 Å². The number of anilines is 1. The molecule has 0 aliphatic rings. The molecule has 0 bridgehead atoms. The molecule has 1 heterocycles. The lowest BCUT2D eigenvalue weighted by molar-refractivity contribution is 0.0695. The van der Waals surface area contributed by atoms with Gasteiger partial charge in [-0.2, -0.15) is 0 Å². The summed E-state index contributed by atoms with van der Waals surface area (Å²) in [4.78, 5) is 23.9. The first kappa shape index (κ1) is 16.7. The van der Waals surface area contributed by atoms with E-state index in [1.54, 1.807) is 16.7 Å². The summed E-state index contributed by atoms with van der Waals surface area (Å²) in [6.45, 7) is 1.58. The molecule has 4 N–H and O–H groups in total. The summed E-state index contributed by atoms with van der Waals surface area (Å²) < 4.78 is 1.79. The molecule has 25 heavy (non-hydrogen) atoms. The Kier molecular flexibility index (Phi) is 4.81. The number of carbonyl (C=O) groups is 1. The smallest absolute Gasteiger partial charge is 0.341 e. The lowest BCUT2D eigenvalue weighted by Gasteiger charge is -2.14. The van der Waals surface area contributed by atoms with Gasteiger partial charge in [-0.3, -0.25) is 4.79 Å². The standard InChI is InChI=1S/C19H19N3O3/c20-8-9-21-14-6-7-15-17(10-14)22(11-13-4-2-1-3-5-13)12-16(18(15)23)19(24)25/h1-7,10,12,21H,8-9,11,20H2,(H,24,25). The van der Waals surface area contributed by atoms with Crippen LogP contribution in [-0.2, 0) is 6.54 Å². The van der Waals surface area contributed by atoms with Gasteiger partial charge >= 0.3 is 5.97 Å². The molecule has 3 rings (SSSR count). The molecule has 0 radical (unpaired) electrons. The van der Waals surface area contributed by atoms with Gasteiger partial charge in [-0.05, 0) is 23.8 Å². The van der Waals surface area contributed by atoms with Crippen molar-refractivity contribution < 1.29 is 9.90 Å². The molecule has 3 aromatic rings. The Hall–Kier alpha value is -3.12. The zero-order chi connectivity index (χ0) is 17.8. The van der Waals surface area contributed by atoms with Gasteiger partial charge in [0.25, 0.3) is 0 Å². The van der Waals surface area contributed by atoms with Gasteiger partial charge in [-0.1, -0.05) is 30.3 Å². The average molecular weight is 337 g/mol. The molecule has 0 fully saturated rings. The summed E-state index contributed by atoms with van der Waals surface area (Å²) in [6, 6.07) is 15.0. The van der Waals surface area contributed by atoms with Crippen LogP contribution in [0.15, 0.2) is 59.5 Å². The fraction of sp³-hybridized carbons (Fsp3) is 0.158. The number of nitrogens with zero attached hydrogens (tertiary/aromatic N) is 1. The highest BCUT2D eigenvalue weighted by atomic mass is 16.4. The predicted molar refractivity (Wildman–Crippen MR) is 98.3 cm³/mol. The van der Waals surface area contributed by atoms with Crippen molar-refractivity contribution in [2.24, 2.45) is 5.73 Å². The summed E-state index contributed by atoms with van der Waals surface area (Å²) >= 11 is 0. The van der Waals surface area contributed by atoms with Gasteiger partial charge in [0.05, 0.1) is 5.52 Å². The Labute approximate surface area is 144 Å². The van der Waals surface area contributed by atoms with E-state index in [2.05, 4.69) is 5.32 Å². The number of rotatable bonds is 6. The Morgan fingerprint density at radius 3 is 2.60 bits per heavy atom. The number of aromatic carboxylic acids is 1. The quantitative estimate of drug-likeness (QED) is 0.640. The minimum atomic E-state index is -1.22. The summed E-state index contributed by atoms with van der Waals surface area (Å²) in [5.74, 6) is -1.22. The number of nitrogens with two attached hydrogens (primary N) is 1. The molecular weight excluding hydrogens is 318 g/mol. The van der Waals surface area contributed by atoms with E-state index in [0.717, 1.165) is 11.3 Å². The number of carboxylic acid groups (broad SMARTS) is 1. The fourth-order valence-electron chi connectivity index (χ4n) is 2.78. The Balaban J connectivity index is 2.18.